The van der Waals surface area contributed by atoms with Crippen LogP contribution in [0.1, 0.15) is 23.2 Å². The number of pyridine rings is 1. The molecule has 0 radical (unpaired) electrons. The lowest BCUT2D eigenvalue weighted by Crippen LogP contribution is -2.38. The number of ether oxygens (including phenoxy) is 2. The summed E-state index contributed by atoms with van der Waals surface area (Å²) >= 11 is 0. The molecule has 3 aromatic rings. The van der Waals surface area contributed by atoms with Crippen molar-refractivity contribution in [2.45, 2.75) is 25.4 Å². The highest BCUT2D eigenvalue weighted by atomic mass is 16.6. The van der Waals surface area contributed by atoms with Crippen LogP contribution in [0.5, 0.6) is 11.5 Å². The molecule has 0 bridgehead atoms. The van der Waals surface area contributed by atoms with Crippen LogP contribution in [0.4, 0.5) is 0 Å². The van der Waals surface area contributed by atoms with Gasteiger partial charge in [-0.15, -0.1) is 10.2 Å². The molecule has 1 fully saturated rings. The molecule has 148 valence electrons. The first kappa shape index (κ1) is 17.6. The molecule has 1 amide bonds. The van der Waals surface area contributed by atoms with Crippen LogP contribution in [0.2, 0.25) is 0 Å². The molecule has 0 saturated carbocycles. The van der Waals surface area contributed by atoms with Crippen molar-refractivity contribution in [3.8, 4) is 23.0 Å². The SMILES string of the molecule is O=C(c1ccc2c(c1)OCCO2)N1CCC[C@H]1Cn1nnc(-c2ccccn2)n1. The van der Waals surface area contributed by atoms with E-state index in [2.05, 4.69) is 20.4 Å². The van der Waals surface area contributed by atoms with E-state index in [9.17, 15) is 4.79 Å². The Labute approximate surface area is 167 Å². The van der Waals surface area contributed by atoms with Gasteiger partial charge in [-0.25, -0.2) is 0 Å². The van der Waals surface area contributed by atoms with E-state index in [1.54, 1.807) is 29.2 Å². The van der Waals surface area contributed by atoms with E-state index in [0.717, 1.165) is 12.8 Å². The monoisotopic (exact) mass is 392 g/mol. The molecule has 2 aromatic heterocycles. The van der Waals surface area contributed by atoms with Gasteiger partial charge in [0, 0.05) is 18.3 Å². The van der Waals surface area contributed by atoms with Crippen LogP contribution in [0.3, 0.4) is 0 Å². The summed E-state index contributed by atoms with van der Waals surface area (Å²) in [6.45, 7) is 2.23. The molecule has 1 saturated heterocycles. The predicted octanol–water partition coefficient (Wildman–Crippen LogP) is 1.81. The number of rotatable bonds is 4. The van der Waals surface area contributed by atoms with Gasteiger partial charge in [-0.3, -0.25) is 9.78 Å². The number of hydrogen-bond donors (Lipinski definition) is 0. The summed E-state index contributed by atoms with van der Waals surface area (Å²) in [5.41, 5.74) is 1.27. The summed E-state index contributed by atoms with van der Waals surface area (Å²) < 4.78 is 11.2. The fraction of sp³-hybridized carbons (Fsp3) is 0.350. The van der Waals surface area contributed by atoms with Gasteiger partial charge in [0.2, 0.25) is 5.82 Å². The Morgan fingerprint density at radius 1 is 1.14 bits per heavy atom. The fourth-order valence-corrected chi connectivity index (χ4v) is 3.74. The highest BCUT2D eigenvalue weighted by Crippen LogP contribution is 2.32. The van der Waals surface area contributed by atoms with E-state index in [1.807, 2.05) is 23.1 Å². The fourth-order valence-electron chi connectivity index (χ4n) is 3.74. The Bertz CT molecular complexity index is 1020. The molecule has 0 aliphatic carbocycles. The van der Waals surface area contributed by atoms with E-state index in [0.29, 0.717) is 54.9 Å². The summed E-state index contributed by atoms with van der Waals surface area (Å²) in [5, 5.41) is 12.7. The number of amides is 1. The van der Waals surface area contributed by atoms with E-state index in [1.165, 1.54) is 0 Å². The van der Waals surface area contributed by atoms with Gasteiger partial charge in [-0.1, -0.05) is 6.07 Å². The summed E-state index contributed by atoms with van der Waals surface area (Å²) in [6.07, 6.45) is 3.54. The molecule has 0 spiro atoms. The first-order chi connectivity index (χ1) is 14.3. The molecular weight excluding hydrogens is 372 g/mol. The summed E-state index contributed by atoms with van der Waals surface area (Å²) in [6, 6.07) is 10.9. The zero-order valence-corrected chi connectivity index (χ0v) is 15.8. The molecule has 2 aliphatic rings. The van der Waals surface area contributed by atoms with Gasteiger partial charge < -0.3 is 14.4 Å². The van der Waals surface area contributed by atoms with E-state index >= 15 is 0 Å². The van der Waals surface area contributed by atoms with Crippen molar-refractivity contribution in [1.82, 2.24) is 30.1 Å². The number of carbonyl (C=O) groups is 1. The Hall–Kier alpha value is -3.49. The van der Waals surface area contributed by atoms with Crippen LogP contribution < -0.4 is 9.47 Å². The summed E-state index contributed by atoms with van der Waals surface area (Å²) in [4.78, 5) is 20.8. The maximum Gasteiger partial charge on any atom is 0.254 e. The maximum atomic E-state index is 13.1. The van der Waals surface area contributed by atoms with Crippen LogP contribution in [0, 0.1) is 0 Å². The maximum absolute atomic E-state index is 13.1. The highest BCUT2D eigenvalue weighted by molar-refractivity contribution is 5.95. The van der Waals surface area contributed by atoms with Crippen molar-refractivity contribution < 1.29 is 14.3 Å². The minimum Gasteiger partial charge on any atom is -0.486 e. The number of carbonyl (C=O) groups excluding carboxylic acids is 1. The number of benzene rings is 1. The number of aromatic nitrogens is 5. The number of tetrazole rings is 1. The van der Waals surface area contributed by atoms with Gasteiger partial charge in [0.1, 0.15) is 18.9 Å². The molecule has 5 rings (SSSR count). The molecule has 1 aromatic carbocycles. The average molecular weight is 392 g/mol. The molecule has 0 unspecified atom stereocenters. The summed E-state index contributed by atoms with van der Waals surface area (Å²) in [5.74, 6) is 1.76. The van der Waals surface area contributed by atoms with Crippen molar-refractivity contribution in [3.63, 3.8) is 0 Å². The van der Waals surface area contributed by atoms with E-state index in [-0.39, 0.29) is 11.9 Å². The second kappa shape index (κ2) is 7.50. The molecule has 2 aliphatic heterocycles. The smallest absolute Gasteiger partial charge is 0.254 e. The van der Waals surface area contributed by atoms with E-state index in [4.69, 9.17) is 9.47 Å². The first-order valence-corrected chi connectivity index (χ1v) is 9.68. The van der Waals surface area contributed by atoms with Gasteiger partial charge in [0.05, 0.1) is 12.6 Å². The lowest BCUT2D eigenvalue weighted by molar-refractivity contribution is 0.0716. The van der Waals surface area contributed by atoms with Crippen LogP contribution >= 0.6 is 0 Å². The van der Waals surface area contributed by atoms with Crippen LogP contribution in [-0.2, 0) is 6.54 Å². The Kier molecular flexibility index (Phi) is 4.55. The second-order valence-electron chi connectivity index (χ2n) is 7.04. The molecule has 9 nitrogen and oxygen atoms in total. The van der Waals surface area contributed by atoms with Gasteiger partial charge in [0.25, 0.3) is 5.91 Å². The molecular formula is C20H20N6O3. The van der Waals surface area contributed by atoms with Crippen molar-refractivity contribution in [1.29, 1.82) is 0 Å². The van der Waals surface area contributed by atoms with Crippen molar-refractivity contribution in [2.75, 3.05) is 19.8 Å². The third-order valence-corrected chi connectivity index (χ3v) is 5.15. The van der Waals surface area contributed by atoms with Crippen molar-refractivity contribution in [2.24, 2.45) is 0 Å². The number of fused-ring (bicyclic) bond motifs is 1. The Morgan fingerprint density at radius 3 is 2.90 bits per heavy atom. The quantitative estimate of drug-likeness (QED) is 0.668. The number of likely N-dealkylation sites (tertiary alicyclic amines) is 1. The highest BCUT2D eigenvalue weighted by Gasteiger charge is 2.31. The van der Waals surface area contributed by atoms with Crippen LogP contribution in [-0.4, -0.2) is 61.8 Å². The largest absolute Gasteiger partial charge is 0.486 e. The van der Waals surface area contributed by atoms with Gasteiger partial charge in [-0.05, 0) is 48.4 Å². The third kappa shape index (κ3) is 3.51. The molecule has 0 N–H and O–H groups in total. The van der Waals surface area contributed by atoms with Crippen LogP contribution in [0.15, 0.2) is 42.6 Å². The first-order valence-electron chi connectivity index (χ1n) is 9.68. The molecule has 4 heterocycles. The number of nitrogens with zero attached hydrogens (tertiary/aromatic N) is 6. The zero-order valence-electron chi connectivity index (χ0n) is 15.8. The minimum atomic E-state index is -0.0189. The van der Waals surface area contributed by atoms with Gasteiger partial charge >= 0.3 is 0 Å². The lowest BCUT2D eigenvalue weighted by atomic mass is 10.1. The standard InChI is InChI=1S/C20H20N6O3/c27-20(14-6-7-17-18(12-14)29-11-10-28-17)25-9-3-4-15(25)13-26-23-19(22-24-26)16-5-1-2-8-21-16/h1-2,5-8,12,15H,3-4,9-11,13H2/t15-/m0/s1. The minimum absolute atomic E-state index is 0.0153. The predicted molar refractivity (Wildman–Crippen MR) is 103 cm³/mol. The van der Waals surface area contributed by atoms with Crippen molar-refractivity contribution >= 4 is 5.91 Å². The second-order valence-corrected chi connectivity index (χ2v) is 7.04. The summed E-state index contributed by atoms with van der Waals surface area (Å²) in [7, 11) is 0. The van der Waals surface area contributed by atoms with Crippen LogP contribution in [0.25, 0.3) is 11.5 Å². The molecule has 1 atom stereocenters. The molecule has 9 heteroatoms. The van der Waals surface area contributed by atoms with Gasteiger partial charge in [-0.2, -0.15) is 4.80 Å². The lowest BCUT2D eigenvalue weighted by Gasteiger charge is -2.25. The topological polar surface area (TPSA) is 95.3 Å². The average Bonchev–Trinajstić information content (AvgIpc) is 3.43. The zero-order chi connectivity index (χ0) is 19.6. The Balaban J connectivity index is 1.31. The van der Waals surface area contributed by atoms with E-state index < -0.39 is 0 Å². The molecule has 29 heavy (non-hydrogen) atoms. The van der Waals surface area contributed by atoms with Crippen molar-refractivity contribution in [3.05, 3.63) is 48.2 Å². The third-order valence-electron chi connectivity index (χ3n) is 5.15. The van der Waals surface area contributed by atoms with Gasteiger partial charge in [0.15, 0.2) is 11.5 Å². The number of hydrogen-bond acceptors (Lipinski definition) is 7. The Morgan fingerprint density at radius 2 is 2.03 bits per heavy atom. The normalized spacial score (nSPS) is 18.1.